The van der Waals surface area contributed by atoms with Gasteiger partial charge in [-0.05, 0) is 213 Å². The average Bonchev–Trinajstić information content (AvgIpc) is 0.789. The molecule has 0 radical (unpaired) electrons. The molecular weight excluding hydrogens is 1380 g/mol. The van der Waals surface area contributed by atoms with E-state index in [9.17, 15) is 0 Å². The number of fused-ring (bicyclic) bond motifs is 1. The van der Waals surface area contributed by atoms with E-state index in [0.29, 0.717) is 39.6 Å². The molecule has 554 valence electrons. The highest BCUT2D eigenvalue weighted by Crippen LogP contribution is 2.42. The van der Waals surface area contributed by atoms with Crippen LogP contribution in [-0.4, -0.2) is 0 Å². The normalized spacial score (nSPS) is 17.9. The molecule has 28 bridgehead atoms. The summed E-state index contributed by atoms with van der Waals surface area (Å²) in [7, 11) is -1.91. The van der Waals surface area contributed by atoms with Crippen molar-refractivity contribution in [3.05, 3.63) is 404 Å². The molecule has 0 N–H and O–H groups in total. The number of hydrogen-bond donors (Lipinski definition) is 0. The Morgan fingerprint density at radius 3 is 0.491 bits per heavy atom. The van der Waals surface area contributed by atoms with E-state index in [-0.39, 0.29) is 21.7 Å². The van der Waals surface area contributed by atoms with Crippen LogP contribution in [0, 0.1) is 0 Å². The molecule has 8 heteroatoms. The highest BCUT2D eigenvalue weighted by Gasteiger charge is 2.31. The second-order valence-corrected chi connectivity index (χ2v) is 37.2. The first-order chi connectivity index (χ1) is 52.9. The van der Waals surface area contributed by atoms with Crippen LogP contribution in [0.1, 0.15) is 172 Å². The molecule has 0 amide bonds. The molecule has 0 saturated heterocycles. The fraction of sp³-hybridized carbons (Fsp3) is 0.235. The highest BCUT2D eigenvalue weighted by atomic mass is 31.1. The van der Waals surface area contributed by atoms with Crippen LogP contribution in [-0.2, 0) is 82.0 Å². The van der Waals surface area contributed by atoms with E-state index < -0.39 is 27.0 Å². The Labute approximate surface area is 655 Å². The van der Waals surface area contributed by atoms with Crippen molar-refractivity contribution < 1.29 is 28.4 Å². The van der Waals surface area contributed by atoms with Gasteiger partial charge in [0.1, 0.15) is 49.4 Å². The van der Waals surface area contributed by atoms with Gasteiger partial charge in [0.25, 0.3) is 0 Å². The summed E-state index contributed by atoms with van der Waals surface area (Å²) in [5.74, 6) is 3.34. The third kappa shape index (κ3) is 16.5. The lowest BCUT2D eigenvalue weighted by molar-refractivity contribution is -0.0363. The zero-order valence-corrected chi connectivity index (χ0v) is 67.4. The maximum absolute atomic E-state index is 6.82. The van der Waals surface area contributed by atoms with Gasteiger partial charge in [-0.25, -0.2) is 0 Å². The minimum atomic E-state index is -0.954. The number of rotatable bonds is 0. The summed E-state index contributed by atoms with van der Waals surface area (Å²) in [6, 6.07) is 116. The lowest BCUT2D eigenvalue weighted by Crippen LogP contribution is -2.24. The van der Waals surface area contributed by atoms with Gasteiger partial charge in [-0.3, -0.25) is 0 Å². The van der Waals surface area contributed by atoms with Gasteiger partial charge in [0.15, 0.2) is 0 Å². The maximum atomic E-state index is 6.82. The summed E-state index contributed by atoms with van der Waals surface area (Å²) >= 11 is 0. The summed E-state index contributed by atoms with van der Waals surface area (Å²) in [5.41, 5.74) is 16.6. The van der Waals surface area contributed by atoms with Crippen LogP contribution in [0.15, 0.2) is 315 Å². The van der Waals surface area contributed by atoms with Crippen LogP contribution in [0.25, 0.3) is 0 Å². The van der Waals surface area contributed by atoms with E-state index in [1.165, 1.54) is 76.3 Å². The first-order valence-corrected chi connectivity index (χ1v) is 41.3. The topological polar surface area (TPSA) is 55.4 Å². The molecule has 25 aliphatic heterocycles. The fourth-order valence-electron chi connectivity index (χ4n) is 15.1. The van der Waals surface area contributed by atoms with Crippen molar-refractivity contribution in [3.63, 3.8) is 0 Å². The van der Waals surface area contributed by atoms with Crippen molar-refractivity contribution in [2.24, 2.45) is 0 Å². The minimum Gasteiger partial charge on any atom is -0.489 e. The molecule has 0 saturated carbocycles. The van der Waals surface area contributed by atoms with Crippen molar-refractivity contribution in [3.8, 4) is 23.0 Å². The third-order valence-corrected chi connectivity index (χ3v) is 28.1. The van der Waals surface area contributed by atoms with Crippen LogP contribution < -0.4 is 50.8 Å². The Balaban J connectivity index is 0.765. The van der Waals surface area contributed by atoms with Crippen LogP contribution in [0.4, 0.5) is 0 Å². The van der Waals surface area contributed by atoms with Crippen molar-refractivity contribution in [2.45, 2.75) is 156 Å². The van der Waals surface area contributed by atoms with Gasteiger partial charge in [0.2, 0.25) is 0 Å². The molecule has 13 aromatic carbocycles. The fourth-order valence-corrected chi connectivity index (χ4v) is 19.6. The lowest BCUT2D eigenvalue weighted by atomic mass is 9.74. The Morgan fingerprint density at radius 1 is 0.173 bits per heavy atom. The smallest absolute Gasteiger partial charge is 0.119 e. The van der Waals surface area contributed by atoms with E-state index >= 15 is 0 Å². The van der Waals surface area contributed by atoms with Gasteiger partial charge in [0, 0.05) is 21.7 Å². The molecular formula is C102H100O6P2. The zero-order valence-electron chi connectivity index (χ0n) is 65.6. The second-order valence-electron chi connectivity index (χ2n) is 32.8. The first-order valence-electron chi connectivity index (χ1n) is 38.6. The molecule has 0 atom stereocenters. The van der Waals surface area contributed by atoms with Gasteiger partial charge in [-0.15, -0.1) is 0 Å². The van der Waals surface area contributed by atoms with Crippen LogP contribution >= 0.6 is 15.8 Å². The predicted molar refractivity (Wildman–Crippen MR) is 457 cm³/mol. The molecule has 6 nitrogen and oxygen atoms in total. The van der Waals surface area contributed by atoms with E-state index in [1.807, 2.05) is 0 Å². The van der Waals surface area contributed by atoms with Crippen molar-refractivity contribution in [1.82, 2.24) is 0 Å². The molecule has 25 heterocycles. The number of hydrogen-bond acceptors (Lipinski definition) is 6. The molecule has 38 rings (SSSR count). The Bertz CT molecular complexity index is 4660. The minimum absolute atomic E-state index is 0.243. The monoisotopic (exact) mass is 1480 g/mol. The van der Waals surface area contributed by atoms with Crippen molar-refractivity contribution in [1.29, 1.82) is 0 Å². The highest BCUT2D eigenvalue weighted by molar-refractivity contribution is 7.80. The van der Waals surface area contributed by atoms with Crippen LogP contribution in [0.3, 0.4) is 0 Å². The molecule has 0 aromatic heterocycles. The Morgan fingerprint density at radius 2 is 0.318 bits per heavy atom. The maximum Gasteiger partial charge on any atom is 0.119 e. The van der Waals surface area contributed by atoms with Gasteiger partial charge in [-0.1, -0.05) is 322 Å². The molecule has 0 spiro atoms. The van der Waals surface area contributed by atoms with Gasteiger partial charge < -0.3 is 28.4 Å². The van der Waals surface area contributed by atoms with E-state index in [4.69, 9.17) is 28.4 Å². The van der Waals surface area contributed by atoms with E-state index in [0.717, 1.165) is 67.5 Å². The quantitative estimate of drug-likeness (QED) is 0.141. The predicted octanol–water partition coefficient (Wildman–Crippen LogP) is 22.4. The van der Waals surface area contributed by atoms with Crippen LogP contribution in [0.2, 0.25) is 0 Å². The number of ether oxygens (including phenoxy) is 6. The zero-order chi connectivity index (χ0) is 76.4. The Kier molecular flexibility index (Phi) is 21.4. The van der Waals surface area contributed by atoms with Crippen molar-refractivity contribution >= 4 is 47.7 Å². The van der Waals surface area contributed by atoms with Gasteiger partial charge in [0.05, 0.1) is 24.4 Å². The average molecular weight is 1480 g/mol. The SMILES string of the molecule is CC1(C)OCc2ccc(cc2)P2c3ccc(cc3)COc3ccc(cc3)C(C)(C)c3ccc(cc3)C(C)(C)c3ccc(cc3)OCc3ccc(cc3)P(c3ccc(cc3)COc3ccc(cc3)C(C)(C)c3ccc(cc3)C(C)(C)c3ccc(cc3)OCc3ccc2cc3)c2ccc(cc2)COC(C)(C)c2ccc1cc2. The van der Waals surface area contributed by atoms with E-state index in [2.05, 4.69) is 399 Å². The molecule has 13 aromatic rings. The summed E-state index contributed by atoms with van der Waals surface area (Å²) in [4.78, 5) is 0. The summed E-state index contributed by atoms with van der Waals surface area (Å²) in [5, 5.41) is 7.53. The largest absolute Gasteiger partial charge is 0.489 e. The molecule has 0 fully saturated rings. The number of benzene rings is 13. The molecule has 0 unspecified atom stereocenters. The third-order valence-electron chi connectivity index (χ3n) is 23.2. The van der Waals surface area contributed by atoms with Crippen molar-refractivity contribution in [2.75, 3.05) is 0 Å². The summed E-state index contributed by atoms with van der Waals surface area (Å²) in [6.07, 6.45) is 0. The van der Waals surface area contributed by atoms with Crippen LogP contribution in [0.5, 0.6) is 23.0 Å². The van der Waals surface area contributed by atoms with E-state index in [1.54, 1.807) is 0 Å². The van der Waals surface area contributed by atoms with Gasteiger partial charge >= 0.3 is 0 Å². The second kappa shape index (κ2) is 31.3. The lowest BCUT2D eigenvalue weighted by Gasteiger charge is -2.29. The standard InChI is InChI=1S/C102H100O6P2/c1-97(2)77-25-27-78(28-26-77)98(3,4)82-39-47-88(48-40-82)104-66-72-15-57-93(58-16-72)110-94-59-19-74(20-60-94)68-106-90-51-43-84(44-52-90)100(7,8)80-31-29-79(30-32-80)99(5,6)83-41-49-89(50-42-83)105-67-73-17-55-92(56-18-73)109(91-53-13-71(14-54-91)65-103-87-45-37-81(97)38-46-87)95-61-21-75(22-62-95)69-107-101(9,10)85-33-35-86(36-34-85)102(11,12)108-70-76-23-63-96(110)64-24-76/h13-64H,65-70H2,1-12H3. The molecule has 0 aliphatic carbocycles. The van der Waals surface area contributed by atoms with Gasteiger partial charge in [-0.2, -0.15) is 0 Å². The summed E-state index contributed by atoms with van der Waals surface area (Å²) in [6.45, 7) is 29.7. The summed E-state index contributed by atoms with van der Waals surface area (Å²) < 4.78 is 39.8. The first kappa shape index (κ1) is 75.3. The molecule has 25 aliphatic rings. The Hall–Kier alpha value is -10.2. The molecule has 110 heavy (non-hydrogen) atoms.